The summed E-state index contributed by atoms with van der Waals surface area (Å²) in [5.74, 6) is -1.61. The van der Waals surface area contributed by atoms with Crippen molar-refractivity contribution < 1.29 is 14.7 Å². The highest BCUT2D eigenvalue weighted by atomic mass is 35.5. The number of amides is 1. The fourth-order valence-electron chi connectivity index (χ4n) is 1.55. The van der Waals surface area contributed by atoms with Gasteiger partial charge >= 0.3 is 5.97 Å². The Balaban J connectivity index is 2.97. The molecule has 0 fully saturated rings. The second-order valence-electron chi connectivity index (χ2n) is 5.27. The van der Waals surface area contributed by atoms with Gasteiger partial charge in [-0.05, 0) is 23.6 Å². The van der Waals surface area contributed by atoms with Gasteiger partial charge in [-0.25, -0.2) is 4.79 Å². The van der Waals surface area contributed by atoms with Gasteiger partial charge < -0.3 is 10.4 Å². The summed E-state index contributed by atoms with van der Waals surface area (Å²) in [5, 5.41) is 12.3. The molecule has 0 unspecified atom stereocenters. The van der Waals surface area contributed by atoms with Gasteiger partial charge in [0.05, 0.1) is 0 Å². The Kier molecular flexibility index (Phi) is 4.82. The van der Waals surface area contributed by atoms with Gasteiger partial charge in [0.2, 0.25) is 0 Å². The Morgan fingerprint density at radius 1 is 1.16 bits per heavy atom. The van der Waals surface area contributed by atoms with E-state index in [0.717, 1.165) is 0 Å². The summed E-state index contributed by atoms with van der Waals surface area (Å²) >= 11 is 11.6. The van der Waals surface area contributed by atoms with Crippen molar-refractivity contribution in [2.24, 2.45) is 5.41 Å². The van der Waals surface area contributed by atoms with E-state index in [-0.39, 0.29) is 5.56 Å². The highest BCUT2D eigenvalue weighted by Gasteiger charge is 2.32. The maximum absolute atomic E-state index is 12.0. The Bertz CT molecular complexity index is 489. The largest absolute Gasteiger partial charge is 0.480 e. The molecular formula is C13H15Cl2NO3. The van der Waals surface area contributed by atoms with Crippen molar-refractivity contribution >= 4 is 35.1 Å². The number of rotatable bonds is 3. The van der Waals surface area contributed by atoms with Crippen LogP contribution in [0.4, 0.5) is 0 Å². The number of hydrogen-bond acceptors (Lipinski definition) is 2. The molecule has 0 radical (unpaired) electrons. The summed E-state index contributed by atoms with van der Waals surface area (Å²) in [5.41, 5.74) is -0.378. The number of hydrogen-bond donors (Lipinski definition) is 2. The van der Waals surface area contributed by atoms with Crippen LogP contribution in [0.25, 0.3) is 0 Å². The normalized spacial score (nSPS) is 12.9. The topological polar surface area (TPSA) is 66.4 Å². The van der Waals surface area contributed by atoms with Crippen molar-refractivity contribution in [3.8, 4) is 0 Å². The Morgan fingerprint density at radius 3 is 2.00 bits per heavy atom. The first-order valence-electron chi connectivity index (χ1n) is 5.61. The van der Waals surface area contributed by atoms with Gasteiger partial charge in [-0.3, -0.25) is 4.79 Å². The molecule has 0 aromatic heterocycles. The fraction of sp³-hybridized carbons (Fsp3) is 0.385. The van der Waals surface area contributed by atoms with E-state index in [2.05, 4.69) is 5.32 Å². The summed E-state index contributed by atoms with van der Waals surface area (Å²) in [7, 11) is 0. The molecule has 1 atom stereocenters. The third-order valence-corrected chi connectivity index (χ3v) is 2.95. The van der Waals surface area contributed by atoms with Crippen molar-refractivity contribution in [1.29, 1.82) is 0 Å². The molecule has 0 aliphatic heterocycles. The van der Waals surface area contributed by atoms with Crippen LogP contribution in [0.1, 0.15) is 31.1 Å². The van der Waals surface area contributed by atoms with Crippen LogP contribution in [0.5, 0.6) is 0 Å². The monoisotopic (exact) mass is 303 g/mol. The lowest BCUT2D eigenvalue weighted by Crippen LogP contribution is -2.49. The lowest BCUT2D eigenvalue weighted by molar-refractivity contribution is -0.142. The van der Waals surface area contributed by atoms with Crippen LogP contribution in [0.2, 0.25) is 10.0 Å². The fourth-order valence-corrected chi connectivity index (χ4v) is 2.07. The molecule has 0 aliphatic carbocycles. The van der Waals surface area contributed by atoms with Crippen molar-refractivity contribution in [1.82, 2.24) is 5.32 Å². The highest BCUT2D eigenvalue weighted by Crippen LogP contribution is 2.22. The standard InChI is InChI=1S/C13H15Cl2NO3/c1-13(2,3)10(12(18)19)16-11(17)7-4-8(14)6-9(15)5-7/h4-6,10H,1-3H3,(H,16,17)(H,18,19)/t10-/m1/s1. The van der Waals surface area contributed by atoms with Crippen LogP contribution in [-0.2, 0) is 4.79 Å². The Morgan fingerprint density at radius 2 is 1.63 bits per heavy atom. The predicted molar refractivity (Wildman–Crippen MR) is 74.8 cm³/mol. The van der Waals surface area contributed by atoms with Crippen LogP contribution in [0.3, 0.4) is 0 Å². The van der Waals surface area contributed by atoms with E-state index in [1.54, 1.807) is 20.8 Å². The SMILES string of the molecule is CC(C)(C)[C@H](NC(=O)c1cc(Cl)cc(Cl)c1)C(=O)O. The minimum Gasteiger partial charge on any atom is -0.480 e. The lowest BCUT2D eigenvalue weighted by Gasteiger charge is -2.27. The molecule has 1 amide bonds. The summed E-state index contributed by atoms with van der Waals surface area (Å²) < 4.78 is 0. The molecule has 4 nitrogen and oxygen atoms in total. The van der Waals surface area contributed by atoms with Crippen LogP contribution >= 0.6 is 23.2 Å². The average molecular weight is 304 g/mol. The van der Waals surface area contributed by atoms with E-state index in [1.165, 1.54) is 18.2 Å². The summed E-state index contributed by atoms with van der Waals surface area (Å²) in [4.78, 5) is 23.2. The Labute approximate surface area is 121 Å². The number of carboxylic acids is 1. The maximum atomic E-state index is 12.0. The minimum absolute atomic E-state index is 0.230. The molecule has 19 heavy (non-hydrogen) atoms. The smallest absolute Gasteiger partial charge is 0.326 e. The zero-order valence-electron chi connectivity index (χ0n) is 10.8. The first-order valence-corrected chi connectivity index (χ1v) is 6.36. The van der Waals surface area contributed by atoms with Gasteiger partial charge in [0.25, 0.3) is 5.91 Å². The molecule has 0 saturated carbocycles. The van der Waals surface area contributed by atoms with Gasteiger partial charge in [-0.2, -0.15) is 0 Å². The van der Waals surface area contributed by atoms with Crippen molar-refractivity contribution in [3.05, 3.63) is 33.8 Å². The average Bonchev–Trinajstić information content (AvgIpc) is 2.21. The van der Waals surface area contributed by atoms with E-state index in [9.17, 15) is 9.59 Å². The number of halogens is 2. The van der Waals surface area contributed by atoms with Crippen LogP contribution in [0, 0.1) is 5.41 Å². The molecule has 0 aliphatic rings. The molecule has 0 bridgehead atoms. The second-order valence-corrected chi connectivity index (χ2v) is 6.14. The number of benzene rings is 1. The van der Waals surface area contributed by atoms with Gasteiger partial charge in [-0.1, -0.05) is 44.0 Å². The molecule has 0 saturated heterocycles. The van der Waals surface area contributed by atoms with E-state index in [1.807, 2.05) is 0 Å². The maximum Gasteiger partial charge on any atom is 0.326 e. The third-order valence-electron chi connectivity index (χ3n) is 2.51. The molecule has 1 rings (SSSR count). The number of carbonyl (C=O) groups excluding carboxylic acids is 1. The zero-order valence-corrected chi connectivity index (χ0v) is 12.3. The van der Waals surface area contributed by atoms with Crippen molar-refractivity contribution in [2.75, 3.05) is 0 Å². The summed E-state index contributed by atoms with van der Waals surface area (Å²) in [6, 6.07) is 3.37. The third kappa shape index (κ3) is 4.40. The highest BCUT2D eigenvalue weighted by molar-refractivity contribution is 6.35. The summed E-state index contributed by atoms with van der Waals surface area (Å²) in [6.45, 7) is 5.20. The number of aliphatic carboxylic acids is 1. The van der Waals surface area contributed by atoms with Crippen molar-refractivity contribution in [3.63, 3.8) is 0 Å². The van der Waals surface area contributed by atoms with Gasteiger partial charge in [0, 0.05) is 15.6 Å². The molecule has 104 valence electrons. The minimum atomic E-state index is -1.09. The van der Waals surface area contributed by atoms with E-state index >= 15 is 0 Å². The number of nitrogens with one attached hydrogen (secondary N) is 1. The van der Waals surface area contributed by atoms with Crippen LogP contribution < -0.4 is 5.32 Å². The molecule has 0 heterocycles. The van der Waals surface area contributed by atoms with Gasteiger partial charge in [0.15, 0.2) is 0 Å². The second kappa shape index (κ2) is 5.80. The molecule has 1 aromatic carbocycles. The molecular weight excluding hydrogens is 289 g/mol. The molecule has 1 aromatic rings. The van der Waals surface area contributed by atoms with Crippen LogP contribution in [-0.4, -0.2) is 23.0 Å². The first-order chi connectivity index (χ1) is 8.61. The van der Waals surface area contributed by atoms with E-state index < -0.39 is 23.3 Å². The molecule has 6 heteroatoms. The van der Waals surface area contributed by atoms with Crippen molar-refractivity contribution in [2.45, 2.75) is 26.8 Å². The first kappa shape index (κ1) is 15.8. The quantitative estimate of drug-likeness (QED) is 0.901. The predicted octanol–water partition coefficient (Wildman–Crippen LogP) is 3.22. The number of carbonyl (C=O) groups is 2. The van der Waals surface area contributed by atoms with Gasteiger partial charge in [-0.15, -0.1) is 0 Å². The Hall–Kier alpha value is -1.26. The lowest BCUT2D eigenvalue weighted by atomic mass is 9.86. The van der Waals surface area contributed by atoms with Crippen LogP contribution in [0.15, 0.2) is 18.2 Å². The molecule has 2 N–H and O–H groups in total. The molecule has 0 spiro atoms. The van der Waals surface area contributed by atoms with E-state index in [0.29, 0.717) is 10.0 Å². The number of carboxylic acid groups (broad SMARTS) is 1. The van der Waals surface area contributed by atoms with E-state index in [4.69, 9.17) is 28.3 Å². The zero-order chi connectivity index (χ0) is 14.8. The summed E-state index contributed by atoms with van der Waals surface area (Å²) in [6.07, 6.45) is 0. The van der Waals surface area contributed by atoms with Gasteiger partial charge in [0.1, 0.15) is 6.04 Å².